The van der Waals surface area contributed by atoms with E-state index in [9.17, 15) is 9.59 Å². The number of nitrogens with zero attached hydrogens (tertiary/aromatic N) is 2. The van der Waals surface area contributed by atoms with Crippen molar-refractivity contribution in [3.63, 3.8) is 0 Å². The summed E-state index contributed by atoms with van der Waals surface area (Å²) in [4.78, 5) is 26.5. The van der Waals surface area contributed by atoms with E-state index in [2.05, 4.69) is 5.32 Å². The van der Waals surface area contributed by atoms with E-state index < -0.39 is 0 Å². The molecule has 0 atom stereocenters. The van der Waals surface area contributed by atoms with Crippen molar-refractivity contribution in [3.05, 3.63) is 0 Å². The van der Waals surface area contributed by atoms with E-state index in [4.69, 9.17) is 0 Å². The number of carbonyl (C=O) groups is 2. The molecule has 0 spiro atoms. The van der Waals surface area contributed by atoms with E-state index in [-0.39, 0.29) is 11.9 Å². The Morgan fingerprint density at radius 2 is 1.75 bits per heavy atom. The molecule has 0 aliphatic carbocycles. The molecular formula is C11H23N3O2. The van der Waals surface area contributed by atoms with Crippen molar-refractivity contribution in [2.45, 2.75) is 26.7 Å². The minimum atomic E-state index is -0.284. The molecule has 0 saturated heterocycles. The maximum atomic E-state index is 11.6. The van der Waals surface area contributed by atoms with Gasteiger partial charge in [0, 0.05) is 19.5 Å². The zero-order chi connectivity index (χ0) is 12.6. The predicted molar refractivity (Wildman–Crippen MR) is 64.2 cm³/mol. The van der Waals surface area contributed by atoms with Crippen molar-refractivity contribution in [2.24, 2.45) is 0 Å². The second kappa shape index (κ2) is 8.10. The largest absolute Gasteiger partial charge is 0.338 e. The van der Waals surface area contributed by atoms with Crippen LogP contribution in [-0.4, -0.2) is 55.5 Å². The first-order chi connectivity index (χ1) is 7.52. The second-order valence-electron chi connectivity index (χ2n) is 3.89. The molecule has 5 heteroatoms. The highest BCUT2D eigenvalue weighted by molar-refractivity contribution is 5.94. The van der Waals surface area contributed by atoms with Crippen LogP contribution in [0.15, 0.2) is 0 Å². The van der Waals surface area contributed by atoms with Crippen LogP contribution in [0.1, 0.15) is 26.7 Å². The second-order valence-corrected chi connectivity index (χ2v) is 3.89. The summed E-state index contributed by atoms with van der Waals surface area (Å²) in [6.07, 6.45) is 1.16. The van der Waals surface area contributed by atoms with Crippen molar-refractivity contribution in [1.29, 1.82) is 0 Å². The monoisotopic (exact) mass is 229 g/mol. The summed E-state index contributed by atoms with van der Waals surface area (Å²) >= 11 is 0. The zero-order valence-electron chi connectivity index (χ0n) is 10.7. The number of carbonyl (C=O) groups excluding carboxylic acids is 2. The number of hydrogen-bond acceptors (Lipinski definition) is 3. The number of urea groups is 1. The van der Waals surface area contributed by atoms with E-state index in [0.29, 0.717) is 19.5 Å². The molecule has 3 amide bonds. The molecule has 0 aliphatic rings. The van der Waals surface area contributed by atoms with Crippen molar-refractivity contribution in [3.8, 4) is 0 Å². The van der Waals surface area contributed by atoms with Gasteiger partial charge in [0.15, 0.2) is 0 Å². The van der Waals surface area contributed by atoms with Crippen LogP contribution in [0.3, 0.4) is 0 Å². The predicted octanol–water partition coefficient (Wildman–Crippen LogP) is 0.906. The lowest BCUT2D eigenvalue weighted by molar-refractivity contribution is -0.128. The first-order valence-electron chi connectivity index (χ1n) is 5.75. The molecule has 0 aromatic carbocycles. The Morgan fingerprint density at radius 3 is 2.19 bits per heavy atom. The highest BCUT2D eigenvalue weighted by Crippen LogP contribution is 1.98. The van der Waals surface area contributed by atoms with E-state index >= 15 is 0 Å². The van der Waals surface area contributed by atoms with Crippen molar-refractivity contribution < 1.29 is 9.59 Å². The van der Waals surface area contributed by atoms with Gasteiger partial charge in [-0.1, -0.05) is 6.92 Å². The molecule has 0 aromatic rings. The van der Waals surface area contributed by atoms with Gasteiger partial charge in [-0.3, -0.25) is 9.69 Å². The Labute approximate surface area is 97.8 Å². The maximum absolute atomic E-state index is 11.6. The Hall–Kier alpha value is -1.10. The molecular weight excluding hydrogens is 206 g/mol. The van der Waals surface area contributed by atoms with Gasteiger partial charge >= 0.3 is 6.03 Å². The Kier molecular flexibility index (Phi) is 7.54. The topological polar surface area (TPSA) is 52.7 Å². The number of rotatable bonds is 6. The number of hydrogen-bond donors (Lipinski definition) is 1. The summed E-state index contributed by atoms with van der Waals surface area (Å²) < 4.78 is 0. The Morgan fingerprint density at radius 1 is 1.12 bits per heavy atom. The number of imide groups is 1. The van der Waals surface area contributed by atoms with Gasteiger partial charge in [0.25, 0.3) is 0 Å². The Bertz CT molecular complexity index is 229. The minimum Gasteiger partial charge on any atom is -0.338 e. The van der Waals surface area contributed by atoms with Crippen molar-refractivity contribution in [2.75, 3.05) is 33.7 Å². The summed E-state index contributed by atoms with van der Waals surface area (Å²) in [5.74, 6) is -0.121. The van der Waals surface area contributed by atoms with E-state index in [1.165, 1.54) is 4.90 Å². The molecule has 1 N–H and O–H groups in total. The molecule has 0 aromatic heterocycles. The summed E-state index contributed by atoms with van der Waals surface area (Å²) in [6.45, 7) is 5.50. The highest BCUT2D eigenvalue weighted by Gasteiger charge is 2.18. The fourth-order valence-electron chi connectivity index (χ4n) is 1.32. The van der Waals surface area contributed by atoms with Gasteiger partial charge in [0.1, 0.15) is 0 Å². The molecule has 0 heterocycles. The first-order valence-corrected chi connectivity index (χ1v) is 5.75. The molecule has 0 rings (SSSR count). The molecule has 0 radical (unpaired) electrons. The van der Waals surface area contributed by atoms with Crippen LogP contribution in [-0.2, 0) is 4.79 Å². The van der Waals surface area contributed by atoms with Crippen LogP contribution in [0.25, 0.3) is 0 Å². The lowest BCUT2D eigenvalue weighted by Crippen LogP contribution is -2.44. The summed E-state index contributed by atoms with van der Waals surface area (Å²) in [7, 11) is 3.94. The van der Waals surface area contributed by atoms with Gasteiger partial charge in [-0.2, -0.15) is 0 Å². The number of amides is 3. The first kappa shape index (κ1) is 14.9. The highest BCUT2D eigenvalue weighted by atomic mass is 16.2. The van der Waals surface area contributed by atoms with Crippen LogP contribution in [0.5, 0.6) is 0 Å². The molecule has 0 bridgehead atoms. The fourth-order valence-corrected chi connectivity index (χ4v) is 1.32. The molecule has 0 saturated carbocycles. The van der Waals surface area contributed by atoms with Crippen LogP contribution < -0.4 is 5.32 Å². The average Bonchev–Trinajstić information content (AvgIpc) is 2.23. The van der Waals surface area contributed by atoms with Crippen LogP contribution >= 0.6 is 0 Å². The van der Waals surface area contributed by atoms with Crippen LogP contribution in [0.2, 0.25) is 0 Å². The van der Waals surface area contributed by atoms with Gasteiger partial charge in [0.2, 0.25) is 5.91 Å². The maximum Gasteiger partial charge on any atom is 0.324 e. The van der Waals surface area contributed by atoms with Crippen LogP contribution in [0, 0.1) is 0 Å². The van der Waals surface area contributed by atoms with E-state index in [1.807, 2.05) is 25.9 Å². The summed E-state index contributed by atoms with van der Waals surface area (Å²) in [5, 5.41) is 2.65. The summed E-state index contributed by atoms with van der Waals surface area (Å²) in [6, 6.07) is -0.284. The molecule has 16 heavy (non-hydrogen) atoms. The third-order valence-corrected chi connectivity index (χ3v) is 2.16. The average molecular weight is 229 g/mol. The van der Waals surface area contributed by atoms with Crippen LogP contribution in [0.4, 0.5) is 4.79 Å². The third-order valence-electron chi connectivity index (χ3n) is 2.16. The minimum absolute atomic E-state index is 0.121. The smallest absolute Gasteiger partial charge is 0.324 e. The normalized spacial score (nSPS) is 10.3. The van der Waals surface area contributed by atoms with Gasteiger partial charge in [-0.05, 0) is 34.0 Å². The van der Waals surface area contributed by atoms with E-state index in [0.717, 1.165) is 13.0 Å². The van der Waals surface area contributed by atoms with Gasteiger partial charge in [-0.25, -0.2) is 4.79 Å². The molecule has 94 valence electrons. The van der Waals surface area contributed by atoms with Gasteiger partial charge in [0.05, 0.1) is 0 Å². The zero-order valence-corrected chi connectivity index (χ0v) is 10.7. The SMILES string of the molecule is CCNC(=O)N(CCCN(C)C)C(=O)CC. The van der Waals surface area contributed by atoms with Crippen molar-refractivity contribution in [1.82, 2.24) is 15.1 Å². The third kappa shape index (κ3) is 5.70. The quantitative estimate of drug-likeness (QED) is 0.736. The lowest BCUT2D eigenvalue weighted by atomic mass is 10.3. The van der Waals surface area contributed by atoms with Crippen molar-refractivity contribution >= 4 is 11.9 Å². The summed E-state index contributed by atoms with van der Waals surface area (Å²) in [5.41, 5.74) is 0. The van der Waals surface area contributed by atoms with E-state index in [1.54, 1.807) is 6.92 Å². The molecule has 0 aliphatic heterocycles. The number of nitrogens with one attached hydrogen (secondary N) is 1. The fraction of sp³-hybridized carbons (Fsp3) is 0.818. The van der Waals surface area contributed by atoms with Gasteiger partial charge < -0.3 is 10.2 Å². The lowest BCUT2D eigenvalue weighted by Gasteiger charge is -2.21. The standard InChI is InChI=1S/C11H23N3O2/c1-5-10(15)14(11(16)12-6-2)9-7-8-13(3)4/h5-9H2,1-4H3,(H,12,16). The molecule has 0 fully saturated rings. The molecule has 0 unspecified atom stereocenters. The molecule has 5 nitrogen and oxygen atoms in total. The van der Waals surface area contributed by atoms with Gasteiger partial charge in [-0.15, -0.1) is 0 Å². The Balaban J connectivity index is 4.21.